The minimum Gasteiger partial charge on any atom is -0.508 e. The highest BCUT2D eigenvalue weighted by Crippen LogP contribution is 2.65. The van der Waals surface area contributed by atoms with E-state index in [0.29, 0.717) is 17.3 Å². The molecule has 4 amide bonds. The predicted octanol–water partition coefficient (Wildman–Crippen LogP) is 6.86. The second-order valence-corrected chi connectivity index (χ2v) is 14.9. The van der Waals surface area contributed by atoms with E-state index in [2.05, 4.69) is 15.1 Å². The molecule has 57 heavy (non-hydrogen) atoms. The molecule has 20 heteroatoms. The molecule has 2 aliphatic heterocycles. The van der Waals surface area contributed by atoms with Crippen molar-refractivity contribution >= 4 is 58.6 Å². The van der Waals surface area contributed by atoms with E-state index in [4.69, 9.17) is 28.3 Å². The summed E-state index contributed by atoms with van der Waals surface area (Å²) in [6, 6.07) is 8.65. The van der Waals surface area contributed by atoms with Crippen molar-refractivity contribution in [3.8, 4) is 11.5 Å². The number of fused-ring (bicyclic) bond motifs is 4. The number of carbonyl (C=O) groups is 5. The number of amides is 4. The van der Waals surface area contributed by atoms with Crippen LogP contribution in [0.15, 0.2) is 66.4 Å². The lowest BCUT2D eigenvalue weighted by molar-refractivity contribution is -0.274. The molecule has 6 atom stereocenters. The zero-order valence-corrected chi connectivity index (χ0v) is 30.4. The van der Waals surface area contributed by atoms with Crippen LogP contribution in [0, 0.1) is 23.7 Å². The van der Waals surface area contributed by atoms with Crippen LogP contribution in [0.5, 0.6) is 11.5 Å². The maximum atomic E-state index is 15.2. The Morgan fingerprint density at radius 2 is 1.67 bits per heavy atom. The van der Waals surface area contributed by atoms with Gasteiger partial charge in [0.25, 0.3) is 11.8 Å². The number of carboxylic acids is 1. The molecule has 0 unspecified atom stereocenters. The van der Waals surface area contributed by atoms with Gasteiger partial charge in [0, 0.05) is 35.7 Å². The number of aliphatic carboxylic acids is 1. The van der Waals surface area contributed by atoms with E-state index >= 15 is 4.79 Å². The van der Waals surface area contributed by atoms with Gasteiger partial charge in [0.05, 0.1) is 33.8 Å². The van der Waals surface area contributed by atoms with E-state index in [1.165, 1.54) is 24.3 Å². The van der Waals surface area contributed by atoms with Gasteiger partial charge in [-0.15, -0.1) is 13.2 Å². The summed E-state index contributed by atoms with van der Waals surface area (Å²) in [4.78, 5) is 73.5. The fraction of sp³-hybridized carbons (Fsp3) is 0.351. The van der Waals surface area contributed by atoms with Gasteiger partial charge in [-0.3, -0.25) is 34.3 Å². The van der Waals surface area contributed by atoms with Gasteiger partial charge in [-0.2, -0.15) is 18.2 Å². The molecule has 3 aromatic rings. The molecule has 1 aromatic heterocycles. The second-order valence-electron chi connectivity index (χ2n) is 14.0. The number of hydrogen-bond donors (Lipinski definition) is 3. The quantitative estimate of drug-likeness (QED) is 0.118. The number of phenolic OH excluding ortho intramolecular Hbond substituents is 1. The first-order valence-corrected chi connectivity index (χ1v) is 18.0. The van der Waals surface area contributed by atoms with Crippen molar-refractivity contribution in [3.05, 3.63) is 93.1 Å². The third kappa shape index (κ3) is 6.81. The van der Waals surface area contributed by atoms with Crippen LogP contribution in [0.1, 0.15) is 48.3 Å². The minimum atomic E-state index is -5.20. The Morgan fingerprint density at radius 3 is 2.30 bits per heavy atom. The molecule has 2 aromatic carbocycles. The van der Waals surface area contributed by atoms with Gasteiger partial charge in [0.15, 0.2) is 5.82 Å². The van der Waals surface area contributed by atoms with Crippen molar-refractivity contribution in [2.24, 2.45) is 23.7 Å². The summed E-state index contributed by atoms with van der Waals surface area (Å²) in [5.74, 6) is -12.8. The summed E-state index contributed by atoms with van der Waals surface area (Å²) in [5.41, 5.74) is -0.986. The summed E-state index contributed by atoms with van der Waals surface area (Å²) in [7, 11) is 0. The average Bonchev–Trinajstić information content (AvgIpc) is 3.49. The Morgan fingerprint density at radius 1 is 0.965 bits per heavy atom. The average molecular weight is 842 g/mol. The summed E-state index contributed by atoms with van der Waals surface area (Å²) in [5, 5.41) is 20.6. The van der Waals surface area contributed by atoms with Crippen LogP contribution in [-0.2, 0) is 35.6 Å². The second kappa shape index (κ2) is 14.2. The number of allylic oxidation sites excluding steroid dienone is 2. The van der Waals surface area contributed by atoms with Crippen LogP contribution >= 0.6 is 23.2 Å². The topological polar surface area (TPSA) is 166 Å². The Hall–Kier alpha value is -5.36. The van der Waals surface area contributed by atoms with Crippen molar-refractivity contribution in [3.63, 3.8) is 0 Å². The highest BCUT2D eigenvalue weighted by atomic mass is 35.5. The number of imide groups is 2. The summed E-state index contributed by atoms with van der Waals surface area (Å²) in [6.45, 7) is -0.228. The molecule has 7 rings (SSSR count). The van der Waals surface area contributed by atoms with E-state index in [0.717, 1.165) is 23.1 Å². The van der Waals surface area contributed by atoms with Crippen LogP contribution in [0.2, 0.25) is 10.0 Å². The lowest BCUT2D eigenvalue weighted by atomic mass is 9.49. The molecule has 3 fully saturated rings. The first kappa shape index (κ1) is 39.9. The number of anilines is 1. The number of ether oxygens (including phenoxy) is 1. The number of halogens is 8. The summed E-state index contributed by atoms with van der Waals surface area (Å²) < 4.78 is 85.2. The Labute approximate surface area is 328 Å². The number of carboxylic acid groups (broad SMARTS) is 1. The molecular weight excluding hydrogens is 813 g/mol. The van der Waals surface area contributed by atoms with Gasteiger partial charge < -0.3 is 14.9 Å². The number of aromatic hydroxyl groups is 1. The molecule has 0 spiro atoms. The molecule has 0 bridgehead atoms. The van der Waals surface area contributed by atoms with E-state index in [9.17, 15) is 50.6 Å². The lowest BCUT2D eigenvalue weighted by Gasteiger charge is -2.50. The molecule has 12 nitrogen and oxygen atoms in total. The standard InChI is InChI=1S/C37H28Cl2F6N4O8/c38-18-5-3-16(4-6-18)35-24(32(54)49(34(35)56)47-30-25(39)12-17(15-46-30)36(40,41)42)14-22-20(29(35)23-13-19(7-10-26(23)50)57-37(43,44)45)8-9-21-28(22)33(55)48(31(21)53)11-1-2-27(51)52/h3-8,10,12-13,15,21-22,24,28-29,50H,1-2,9,11,14H2,(H,46,47)(H,51,52)/t21-,22+,24-,28-,29+,35+/m0/s1. The molecular formula is C37H28Cl2F6N4O8. The number of hydrogen-bond acceptors (Lipinski definition) is 9. The van der Waals surface area contributed by atoms with Crippen molar-refractivity contribution < 1.29 is 65.3 Å². The van der Waals surface area contributed by atoms with Crippen molar-refractivity contribution in [1.29, 1.82) is 0 Å². The Bertz CT molecular complexity index is 2240. The smallest absolute Gasteiger partial charge is 0.508 e. The van der Waals surface area contributed by atoms with Crippen LogP contribution in [0.25, 0.3) is 0 Å². The molecule has 3 heterocycles. The number of hydrazine groups is 1. The third-order valence-electron chi connectivity index (χ3n) is 11.0. The highest BCUT2D eigenvalue weighted by molar-refractivity contribution is 6.33. The maximum absolute atomic E-state index is 15.2. The van der Waals surface area contributed by atoms with E-state index in [-0.39, 0.29) is 54.0 Å². The van der Waals surface area contributed by atoms with E-state index < -0.39 is 105 Å². The third-order valence-corrected chi connectivity index (χ3v) is 11.5. The number of likely N-dealkylation sites (tertiary alicyclic amines) is 1. The fourth-order valence-electron chi connectivity index (χ4n) is 8.76. The zero-order chi connectivity index (χ0) is 41.4. The van der Waals surface area contributed by atoms with Crippen LogP contribution < -0.4 is 10.2 Å². The normalized spacial score (nSPS) is 25.9. The number of carbonyl (C=O) groups excluding carboxylic acids is 4. The van der Waals surface area contributed by atoms with Gasteiger partial charge in [-0.1, -0.05) is 47.0 Å². The number of aromatic nitrogens is 1. The maximum Gasteiger partial charge on any atom is 0.573 e. The molecule has 4 aliphatic rings. The number of nitrogens with zero attached hydrogens (tertiary/aromatic N) is 3. The summed E-state index contributed by atoms with van der Waals surface area (Å²) >= 11 is 12.4. The minimum absolute atomic E-state index is 0.0594. The SMILES string of the molecule is O=C(O)CCCN1C(=O)[C@H]2[C@H](CC=C3[C@H]2C[C@H]2C(=O)N(Nc4ncc(C(F)(F)F)cc4Cl)C(=O)[C@@]2(c2ccc(Cl)cc2)[C@H]3c2cc(OC(F)(F)F)ccc2O)C1=O. The number of nitrogens with one attached hydrogen (secondary N) is 1. The number of rotatable bonds is 9. The van der Waals surface area contributed by atoms with Crippen LogP contribution in [0.3, 0.4) is 0 Å². The van der Waals surface area contributed by atoms with Gasteiger partial charge in [0.1, 0.15) is 11.5 Å². The van der Waals surface area contributed by atoms with Crippen LogP contribution in [-0.4, -0.2) is 67.6 Å². The van der Waals surface area contributed by atoms with Crippen molar-refractivity contribution in [1.82, 2.24) is 14.9 Å². The first-order chi connectivity index (χ1) is 26.7. The molecule has 300 valence electrons. The zero-order valence-electron chi connectivity index (χ0n) is 28.9. The van der Waals surface area contributed by atoms with E-state index in [1.807, 2.05) is 0 Å². The van der Waals surface area contributed by atoms with Gasteiger partial charge in [0.2, 0.25) is 11.8 Å². The fourth-order valence-corrected chi connectivity index (χ4v) is 9.10. The molecule has 2 aliphatic carbocycles. The number of alkyl halides is 6. The Kier molecular flexibility index (Phi) is 9.95. The number of benzene rings is 2. The first-order valence-electron chi connectivity index (χ1n) is 17.2. The predicted molar refractivity (Wildman–Crippen MR) is 185 cm³/mol. The largest absolute Gasteiger partial charge is 0.573 e. The molecule has 0 radical (unpaired) electrons. The molecule has 3 N–H and O–H groups in total. The monoisotopic (exact) mass is 840 g/mol. The van der Waals surface area contributed by atoms with Gasteiger partial charge in [-0.25, -0.2) is 4.98 Å². The highest BCUT2D eigenvalue weighted by Gasteiger charge is 2.70. The molecule has 2 saturated heterocycles. The van der Waals surface area contributed by atoms with Crippen LogP contribution in [0.4, 0.5) is 32.2 Å². The van der Waals surface area contributed by atoms with Crippen molar-refractivity contribution in [2.75, 3.05) is 12.0 Å². The summed E-state index contributed by atoms with van der Waals surface area (Å²) in [6.07, 6.45) is -8.92. The number of pyridine rings is 1. The van der Waals surface area contributed by atoms with Gasteiger partial charge in [-0.05, 0) is 67.1 Å². The Balaban J connectivity index is 1.43. The molecule has 1 saturated carbocycles. The van der Waals surface area contributed by atoms with Gasteiger partial charge >= 0.3 is 18.5 Å². The van der Waals surface area contributed by atoms with Crippen molar-refractivity contribution in [2.45, 2.75) is 49.6 Å². The number of phenols is 1. The lowest BCUT2D eigenvalue weighted by Crippen LogP contribution is -2.53. The van der Waals surface area contributed by atoms with E-state index in [1.54, 1.807) is 6.08 Å².